The second kappa shape index (κ2) is 6.67. The zero-order valence-corrected chi connectivity index (χ0v) is 11.9. The minimum absolute atomic E-state index is 0.346. The summed E-state index contributed by atoms with van der Waals surface area (Å²) in [7, 11) is 3.97. The molecule has 0 saturated carbocycles. The lowest BCUT2D eigenvalue weighted by atomic mass is 9.76. The van der Waals surface area contributed by atoms with Crippen molar-refractivity contribution in [3.63, 3.8) is 0 Å². The zero-order chi connectivity index (χ0) is 13.0. The molecule has 0 spiro atoms. The molecule has 0 aromatic rings. The molecule has 0 aromatic carbocycles. The Bertz CT molecular complexity index is 266. The minimum Gasteiger partial charge on any atom is -0.385 e. The highest BCUT2D eigenvalue weighted by atomic mass is 16.5. The quantitative estimate of drug-likeness (QED) is 0.682. The summed E-state index contributed by atoms with van der Waals surface area (Å²) in [6, 6.07) is 1.34. The highest BCUT2D eigenvalue weighted by molar-refractivity contribution is 5.81. The number of ketones is 1. The molecule has 3 heteroatoms. The first-order valence-electron chi connectivity index (χ1n) is 7.46. The Hall–Kier alpha value is -0.410. The molecule has 2 rings (SSSR count). The molecule has 0 aromatic heterocycles. The number of rotatable bonds is 6. The largest absolute Gasteiger partial charge is 0.385 e. The third-order valence-corrected chi connectivity index (χ3v) is 4.82. The van der Waals surface area contributed by atoms with E-state index in [1.54, 1.807) is 7.11 Å². The molecule has 2 aliphatic heterocycles. The van der Waals surface area contributed by atoms with Crippen molar-refractivity contribution in [3.8, 4) is 0 Å². The van der Waals surface area contributed by atoms with E-state index in [1.165, 1.54) is 19.3 Å². The standard InChI is InChI=1S/C15H27NO2/c1-16-13-6-5-7-14(16)11-12(10-13)15(17)8-3-4-9-18-2/h12-14H,3-11H2,1-2H3. The number of ether oxygens (including phenoxy) is 1. The lowest BCUT2D eigenvalue weighted by Crippen LogP contribution is -2.51. The number of unbranched alkanes of at least 4 members (excludes halogenated alkanes) is 1. The molecular formula is C15H27NO2. The lowest BCUT2D eigenvalue weighted by Gasteiger charge is -2.46. The van der Waals surface area contributed by atoms with Crippen LogP contribution in [0.5, 0.6) is 0 Å². The average molecular weight is 253 g/mol. The zero-order valence-electron chi connectivity index (χ0n) is 11.9. The molecule has 2 unspecified atom stereocenters. The van der Waals surface area contributed by atoms with Crippen LogP contribution in [-0.4, -0.2) is 43.5 Å². The summed E-state index contributed by atoms with van der Waals surface area (Å²) in [6.45, 7) is 0.784. The van der Waals surface area contributed by atoms with Gasteiger partial charge >= 0.3 is 0 Å². The van der Waals surface area contributed by atoms with Crippen molar-refractivity contribution < 1.29 is 9.53 Å². The van der Waals surface area contributed by atoms with Gasteiger partial charge in [-0.05, 0) is 45.6 Å². The van der Waals surface area contributed by atoms with Crippen LogP contribution < -0.4 is 0 Å². The summed E-state index contributed by atoms with van der Waals surface area (Å²) < 4.78 is 5.03. The van der Waals surface area contributed by atoms with Crippen LogP contribution in [0, 0.1) is 5.92 Å². The summed E-state index contributed by atoms with van der Waals surface area (Å²) in [5.74, 6) is 0.857. The van der Waals surface area contributed by atoms with Crippen LogP contribution >= 0.6 is 0 Å². The van der Waals surface area contributed by atoms with Gasteiger partial charge in [0.15, 0.2) is 0 Å². The fraction of sp³-hybridized carbons (Fsp3) is 0.933. The van der Waals surface area contributed by atoms with Gasteiger partial charge in [-0.2, -0.15) is 0 Å². The number of carbonyl (C=O) groups is 1. The van der Waals surface area contributed by atoms with E-state index in [2.05, 4.69) is 11.9 Å². The van der Waals surface area contributed by atoms with Gasteiger partial charge in [-0.1, -0.05) is 6.42 Å². The molecule has 0 radical (unpaired) electrons. The van der Waals surface area contributed by atoms with Gasteiger partial charge in [0.2, 0.25) is 0 Å². The number of hydrogen-bond acceptors (Lipinski definition) is 3. The van der Waals surface area contributed by atoms with Gasteiger partial charge in [0.05, 0.1) is 0 Å². The van der Waals surface area contributed by atoms with Gasteiger partial charge < -0.3 is 9.64 Å². The first kappa shape index (κ1) is 14.0. The number of piperidine rings is 2. The van der Waals surface area contributed by atoms with E-state index in [1.807, 2.05) is 0 Å². The Kier molecular flexibility index (Phi) is 5.19. The molecule has 2 aliphatic rings. The summed E-state index contributed by atoms with van der Waals surface area (Å²) >= 11 is 0. The summed E-state index contributed by atoms with van der Waals surface area (Å²) in [5, 5.41) is 0. The normalized spacial score (nSPS) is 32.4. The number of carbonyl (C=O) groups excluding carboxylic acids is 1. The lowest BCUT2D eigenvalue weighted by molar-refractivity contribution is -0.126. The van der Waals surface area contributed by atoms with E-state index in [0.29, 0.717) is 23.8 Å². The van der Waals surface area contributed by atoms with Crippen LogP contribution in [0.25, 0.3) is 0 Å². The Morgan fingerprint density at radius 3 is 2.50 bits per heavy atom. The van der Waals surface area contributed by atoms with Crippen LogP contribution in [0.4, 0.5) is 0 Å². The van der Waals surface area contributed by atoms with Crippen molar-refractivity contribution in [1.29, 1.82) is 0 Å². The Morgan fingerprint density at radius 2 is 1.89 bits per heavy atom. The maximum atomic E-state index is 12.2. The summed E-state index contributed by atoms with van der Waals surface area (Å²) in [6.07, 6.45) is 8.93. The average Bonchev–Trinajstić information content (AvgIpc) is 2.34. The number of nitrogens with zero attached hydrogens (tertiary/aromatic N) is 1. The predicted octanol–water partition coefficient (Wildman–Crippen LogP) is 2.64. The molecule has 0 amide bonds. The number of fused-ring (bicyclic) bond motifs is 2. The van der Waals surface area contributed by atoms with Crippen molar-refractivity contribution in [2.24, 2.45) is 5.92 Å². The Labute approximate surface area is 111 Å². The second-order valence-electron chi connectivity index (χ2n) is 5.99. The third kappa shape index (κ3) is 3.33. The third-order valence-electron chi connectivity index (χ3n) is 4.82. The maximum Gasteiger partial charge on any atom is 0.136 e. The molecule has 0 N–H and O–H groups in total. The van der Waals surface area contributed by atoms with Crippen molar-refractivity contribution in [2.75, 3.05) is 20.8 Å². The fourth-order valence-electron chi connectivity index (χ4n) is 3.63. The molecule has 18 heavy (non-hydrogen) atoms. The van der Waals surface area contributed by atoms with Crippen molar-refractivity contribution >= 4 is 5.78 Å². The van der Waals surface area contributed by atoms with E-state index < -0.39 is 0 Å². The number of hydrogen-bond donors (Lipinski definition) is 0. The number of methoxy groups -OCH3 is 1. The van der Waals surface area contributed by atoms with Crippen molar-refractivity contribution in [2.45, 2.75) is 63.5 Å². The van der Waals surface area contributed by atoms with E-state index in [-0.39, 0.29) is 0 Å². The number of Topliss-reactive ketones (excluding diaryl/α,β-unsaturated/α-hetero) is 1. The molecule has 3 nitrogen and oxygen atoms in total. The molecule has 2 bridgehead atoms. The topological polar surface area (TPSA) is 29.5 Å². The molecule has 104 valence electrons. The van der Waals surface area contributed by atoms with E-state index >= 15 is 0 Å². The van der Waals surface area contributed by atoms with Crippen molar-refractivity contribution in [3.05, 3.63) is 0 Å². The van der Waals surface area contributed by atoms with Crippen LogP contribution in [-0.2, 0) is 9.53 Å². The van der Waals surface area contributed by atoms with Gasteiger partial charge in [0.1, 0.15) is 5.78 Å². The molecule has 2 heterocycles. The molecule has 2 atom stereocenters. The molecule has 2 fully saturated rings. The summed E-state index contributed by atoms with van der Waals surface area (Å²) in [5.41, 5.74) is 0. The smallest absolute Gasteiger partial charge is 0.136 e. The van der Waals surface area contributed by atoms with Gasteiger partial charge in [-0.25, -0.2) is 0 Å². The Morgan fingerprint density at radius 1 is 1.22 bits per heavy atom. The van der Waals surface area contributed by atoms with Crippen LogP contribution in [0.1, 0.15) is 51.4 Å². The minimum atomic E-state index is 0.346. The monoisotopic (exact) mass is 253 g/mol. The van der Waals surface area contributed by atoms with E-state index in [9.17, 15) is 4.79 Å². The first-order chi connectivity index (χ1) is 8.72. The SMILES string of the molecule is COCCCCC(=O)C1CC2CCCC(C1)N2C. The fourth-order valence-corrected chi connectivity index (χ4v) is 3.63. The second-order valence-corrected chi connectivity index (χ2v) is 5.99. The molecule has 0 aliphatic carbocycles. The first-order valence-corrected chi connectivity index (χ1v) is 7.46. The highest BCUT2D eigenvalue weighted by Gasteiger charge is 2.38. The van der Waals surface area contributed by atoms with Crippen LogP contribution in [0.15, 0.2) is 0 Å². The van der Waals surface area contributed by atoms with Crippen LogP contribution in [0.2, 0.25) is 0 Å². The van der Waals surface area contributed by atoms with E-state index in [4.69, 9.17) is 4.74 Å². The predicted molar refractivity (Wildman–Crippen MR) is 72.6 cm³/mol. The van der Waals surface area contributed by atoms with E-state index in [0.717, 1.165) is 38.7 Å². The highest BCUT2D eigenvalue weighted by Crippen LogP contribution is 2.36. The summed E-state index contributed by atoms with van der Waals surface area (Å²) in [4.78, 5) is 14.8. The van der Waals surface area contributed by atoms with Crippen LogP contribution in [0.3, 0.4) is 0 Å². The Balaban J connectivity index is 1.77. The van der Waals surface area contributed by atoms with Gasteiger partial charge in [0, 0.05) is 38.1 Å². The molecule has 2 saturated heterocycles. The molecular weight excluding hydrogens is 226 g/mol. The van der Waals surface area contributed by atoms with Gasteiger partial charge in [-0.3, -0.25) is 4.79 Å². The van der Waals surface area contributed by atoms with Gasteiger partial charge in [-0.15, -0.1) is 0 Å². The maximum absolute atomic E-state index is 12.2. The van der Waals surface area contributed by atoms with Crippen molar-refractivity contribution in [1.82, 2.24) is 4.90 Å². The van der Waals surface area contributed by atoms with Gasteiger partial charge in [0.25, 0.3) is 0 Å².